The Balaban J connectivity index is 1.48. The smallest absolute Gasteiger partial charge is 0.416 e. The summed E-state index contributed by atoms with van der Waals surface area (Å²) >= 11 is 5.95. The van der Waals surface area contributed by atoms with Gasteiger partial charge in [-0.2, -0.15) is 13.2 Å². The highest BCUT2D eigenvalue weighted by molar-refractivity contribution is 6.31. The average Bonchev–Trinajstić information content (AvgIpc) is 3.57. The van der Waals surface area contributed by atoms with Crippen LogP contribution in [0.4, 0.5) is 23.7 Å². The molecule has 0 bridgehead atoms. The van der Waals surface area contributed by atoms with Crippen LogP contribution in [0.25, 0.3) is 11.4 Å². The zero-order chi connectivity index (χ0) is 24.5. The van der Waals surface area contributed by atoms with E-state index in [0.29, 0.717) is 16.5 Å². The van der Waals surface area contributed by atoms with Gasteiger partial charge in [0.2, 0.25) is 0 Å². The summed E-state index contributed by atoms with van der Waals surface area (Å²) in [7, 11) is 1.46. The lowest BCUT2D eigenvalue weighted by atomic mass is 10.1. The van der Waals surface area contributed by atoms with Crippen LogP contribution in [0.15, 0.2) is 47.3 Å². The number of hydrogen-bond acceptors (Lipinski definition) is 4. The predicted molar refractivity (Wildman–Crippen MR) is 120 cm³/mol. The van der Waals surface area contributed by atoms with Crippen LogP contribution in [-0.2, 0) is 12.7 Å². The molecule has 0 spiro atoms. The molecule has 34 heavy (non-hydrogen) atoms. The summed E-state index contributed by atoms with van der Waals surface area (Å²) in [5.74, 6) is 0.594. The fraction of sp³-hybridized carbons (Fsp3) is 0.318. The first-order valence-electron chi connectivity index (χ1n) is 10.4. The van der Waals surface area contributed by atoms with Gasteiger partial charge < -0.3 is 15.4 Å². The van der Waals surface area contributed by atoms with Gasteiger partial charge >= 0.3 is 17.9 Å². The number of aromatic nitrogens is 3. The molecule has 1 aromatic heterocycles. The first-order valence-corrected chi connectivity index (χ1v) is 10.8. The minimum Gasteiger partial charge on any atom is -0.495 e. The van der Waals surface area contributed by atoms with E-state index in [1.54, 1.807) is 12.1 Å². The molecule has 1 aliphatic carbocycles. The van der Waals surface area contributed by atoms with E-state index in [0.717, 1.165) is 29.7 Å². The Labute approximate surface area is 197 Å². The molecule has 0 radical (unpaired) electrons. The first-order chi connectivity index (χ1) is 16.2. The highest BCUT2D eigenvalue weighted by Crippen LogP contribution is 2.37. The summed E-state index contributed by atoms with van der Waals surface area (Å²) in [5, 5.41) is 9.92. The maximum absolute atomic E-state index is 13.2. The lowest BCUT2D eigenvalue weighted by molar-refractivity contribution is -0.137. The van der Waals surface area contributed by atoms with Crippen LogP contribution < -0.4 is 21.1 Å². The molecule has 0 saturated heterocycles. The zero-order valence-corrected chi connectivity index (χ0v) is 18.8. The lowest BCUT2D eigenvalue weighted by Crippen LogP contribution is -2.34. The van der Waals surface area contributed by atoms with Crippen molar-refractivity contribution >= 4 is 23.3 Å². The third-order valence-electron chi connectivity index (χ3n) is 5.25. The lowest BCUT2D eigenvalue weighted by Gasteiger charge is -2.11. The van der Waals surface area contributed by atoms with Gasteiger partial charge in [-0.1, -0.05) is 23.7 Å². The minimum absolute atomic E-state index is 0.0324. The molecule has 0 atom stereocenters. The molecular weight excluding hydrogens is 475 g/mol. The van der Waals surface area contributed by atoms with E-state index in [2.05, 4.69) is 15.7 Å². The second-order valence-electron chi connectivity index (χ2n) is 7.73. The third-order valence-corrected chi connectivity index (χ3v) is 5.48. The number of rotatable bonds is 7. The van der Waals surface area contributed by atoms with Crippen molar-refractivity contribution in [2.45, 2.75) is 31.6 Å². The second kappa shape index (κ2) is 9.41. The second-order valence-corrected chi connectivity index (χ2v) is 8.17. The summed E-state index contributed by atoms with van der Waals surface area (Å²) < 4.78 is 47.2. The molecule has 0 unspecified atom stereocenters. The molecule has 1 heterocycles. The Morgan fingerprint density at radius 3 is 2.68 bits per heavy atom. The van der Waals surface area contributed by atoms with Gasteiger partial charge in [0.25, 0.3) is 0 Å². The molecule has 1 saturated carbocycles. The number of hydrogen-bond donors (Lipinski definition) is 2. The monoisotopic (exact) mass is 495 g/mol. The van der Waals surface area contributed by atoms with Crippen LogP contribution in [0.3, 0.4) is 0 Å². The quantitative estimate of drug-likeness (QED) is 0.503. The highest BCUT2D eigenvalue weighted by Gasteiger charge is 2.33. The molecular formula is C22H21ClF3N5O3. The number of benzene rings is 2. The van der Waals surface area contributed by atoms with E-state index in [4.69, 9.17) is 16.3 Å². The molecule has 3 aromatic rings. The van der Waals surface area contributed by atoms with Crippen LogP contribution in [0.5, 0.6) is 5.75 Å². The Morgan fingerprint density at radius 1 is 1.24 bits per heavy atom. The molecule has 2 N–H and O–H groups in total. The van der Waals surface area contributed by atoms with Gasteiger partial charge in [0.1, 0.15) is 5.75 Å². The molecule has 1 fully saturated rings. The van der Waals surface area contributed by atoms with E-state index in [1.807, 2.05) is 0 Å². The van der Waals surface area contributed by atoms with Gasteiger partial charge in [-0.25, -0.2) is 14.3 Å². The minimum atomic E-state index is -4.51. The van der Waals surface area contributed by atoms with Gasteiger partial charge in [0.15, 0.2) is 5.82 Å². The van der Waals surface area contributed by atoms with Crippen molar-refractivity contribution in [2.24, 2.45) is 0 Å². The van der Waals surface area contributed by atoms with Crippen LogP contribution in [0, 0.1) is 0 Å². The summed E-state index contributed by atoms with van der Waals surface area (Å²) in [6.45, 7) is 0.0863. The molecule has 2 amide bonds. The highest BCUT2D eigenvalue weighted by atomic mass is 35.5. The van der Waals surface area contributed by atoms with Gasteiger partial charge in [-0.3, -0.25) is 4.57 Å². The Hall–Kier alpha value is -3.47. The number of amides is 2. The summed E-state index contributed by atoms with van der Waals surface area (Å²) in [6, 6.07) is 8.84. The normalized spacial score (nSPS) is 13.6. The number of methoxy groups -OCH3 is 1. The SMILES string of the molecule is COc1ccc(Cl)cc1NC(=O)NCCn1nc(-c2cccc(C(F)(F)F)c2)n(C2CC2)c1=O. The number of carbonyl (C=O) groups excluding carboxylic acids is 1. The molecule has 1 aliphatic rings. The number of nitrogens with one attached hydrogen (secondary N) is 2. The Bertz CT molecular complexity index is 1270. The molecule has 0 aliphatic heterocycles. The number of carbonyl (C=O) groups is 1. The van der Waals surface area contributed by atoms with Crippen molar-refractivity contribution in [3.63, 3.8) is 0 Å². The van der Waals surface area contributed by atoms with Crippen LogP contribution in [0.2, 0.25) is 5.02 Å². The van der Waals surface area contributed by atoms with Crippen LogP contribution in [-0.4, -0.2) is 34.0 Å². The number of halogens is 4. The number of urea groups is 1. The van der Waals surface area contributed by atoms with Gasteiger partial charge in [0.05, 0.1) is 24.9 Å². The molecule has 8 nitrogen and oxygen atoms in total. The molecule has 4 rings (SSSR count). The number of anilines is 1. The van der Waals surface area contributed by atoms with Crippen molar-refractivity contribution in [1.82, 2.24) is 19.7 Å². The molecule has 2 aromatic carbocycles. The third kappa shape index (κ3) is 5.19. The van der Waals surface area contributed by atoms with Crippen molar-refractivity contribution < 1.29 is 22.7 Å². The fourth-order valence-electron chi connectivity index (χ4n) is 3.48. The van der Waals surface area contributed by atoms with E-state index in [1.165, 1.54) is 29.9 Å². The number of nitrogens with zero attached hydrogens (tertiary/aromatic N) is 3. The topological polar surface area (TPSA) is 90.2 Å². The van der Waals surface area contributed by atoms with E-state index in [9.17, 15) is 22.8 Å². The fourth-order valence-corrected chi connectivity index (χ4v) is 3.65. The maximum atomic E-state index is 13.2. The van der Waals surface area contributed by atoms with Crippen LogP contribution in [0.1, 0.15) is 24.4 Å². The first kappa shape index (κ1) is 23.7. The maximum Gasteiger partial charge on any atom is 0.416 e. The Kier molecular flexibility index (Phi) is 6.56. The van der Waals surface area contributed by atoms with Gasteiger partial charge in [-0.05, 0) is 43.2 Å². The number of alkyl halides is 3. The predicted octanol–water partition coefficient (Wildman–Crippen LogP) is 4.55. The Morgan fingerprint density at radius 2 is 2.00 bits per heavy atom. The van der Waals surface area contributed by atoms with Gasteiger partial charge in [0, 0.05) is 23.2 Å². The van der Waals surface area contributed by atoms with Crippen molar-refractivity contribution in [3.8, 4) is 17.1 Å². The molecule has 12 heteroatoms. The van der Waals surface area contributed by atoms with Gasteiger partial charge in [-0.15, -0.1) is 5.10 Å². The number of ether oxygens (including phenoxy) is 1. The zero-order valence-electron chi connectivity index (χ0n) is 18.0. The van der Waals surface area contributed by atoms with Crippen LogP contribution >= 0.6 is 11.6 Å². The summed E-state index contributed by atoms with van der Waals surface area (Å²) in [4.78, 5) is 25.2. The van der Waals surface area contributed by atoms with E-state index < -0.39 is 23.5 Å². The van der Waals surface area contributed by atoms with E-state index in [-0.39, 0.29) is 30.5 Å². The molecule has 180 valence electrons. The van der Waals surface area contributed by atoms with Crippen molar-refractivity contribution in [2.75, 3.05) is 19.0 Å². The summed E-state index contributed by atoms with van der Waals surface area (Å²) in [6.07, 6.45) is -3.01. The largest absolute Gasteiger partial charge is 0.495 e. The average molecular weight is 496 g/mol. The summed E-state index contributed by atoms with van der Waals surface area (Å²) in [5.41, 5.74) is -0.677. The van der Waals surface area contributed by atoms with Crippen molar-refractivity contribution in [3.05, 3.63) is 63.5 Å². The van der Waals surface area contributed by atoms with Crippen molar-refractivity contribution in [1.29, 1.82) is 0 Å². The standard InChI is InChI=1S/C22H21ClF3N5O3/c1-34-18-8-5-15(23)12-17(18)28-20(32)27-9-10-30-21(33)31(16-6-7-16)19(29-30)13-3-2-4-14(11-13)22(24,25)26/h2-5,8,11-12,16H,6-7,9-10H2,1H3,(H2,27,28,32). The van der Waals surface area contributed by atoms with E-state index >= 15 is 0 Å².